The minimum Gasteiger partial charge on any atom is -0.486 e. The van der Waals surface area contributed by atoms with Gasteiger partial charge >= 0.3 is 10.1 Å². The molecule has 0 spiro atoms. The van der Waals surface area contributed by atoms with Crippen LogP contribution in [-0.4, -0.2) is 51.9 Å². The Kier molecular flexibility index (Phi) is 3.95. The number of benzene rings is 1. The maximum absolute atomic E-state index is 11.2. The second-order valence-corrected chi connectivity index (χ2v) is 7.03. The third-order valence-electron chi connectivity index (χ3n) is 3.54. The van der Waals surface area contributed by atoms with E-state index in [1.165, 1.54) is 12.8 Å². The third-order valence-corrected chi connectivity index (χ3v) is 4.04. The van der Waals surface area contributed by atoms with Gasteiger partial charge in [0.05, 0.1) is 6.26 Å². The lowest BCUT2D eigenvalue weighted by atomic mass is 10.2. The van der Waals surface area contributed by atoms with E-state index in [9.17, 15) is 8.42 Å². The van der Waals surface area contributed by atoms with Gasteiger partial charge < -0.3 is 13.7 Å². The maximum Gasteiger partial charge on any atom is 0.306 e. The molecule has 7 heteroatoms. The van der Waals surface area contributed by atoms with Gasteiger partial charge in [0, 0.05) is 12.6 Å². The third kappa shape index (κ3) is 3.79. The fourth-order valence-corrected chi connectivity index (χ4v) is 3.12. The van der Waals surface area contributed by atoms with Gasteiger partial charge in [-0.2, -0.15) is 8.42 Å². The SMILES string of the molecule is CS(=O)(=O)Oc1ccc2c(c1)OC(CN1CCCC1)CO2. The summed E-state index contributed by atoms with van der Waals surface area (Å²) in [5.74, 6) is 1.39. The number of nitrogens with zero attached hydrogens (tertiary/aromatic N) is 1. The fraction of sp³-hybridized carbons (Fsp3) is 0.571. The molecule has 2 aliphatic heterocycles. The number of likely N-dealkylation sites (tertiary alicyclic amines) is 1. The average Bonchev–Trinajstić information content (AvgIpc) is 2.89. The Balaban J connectivity index is 1.69. The zero-order chi connectivity index (χ0) is 14.9. The van der Waals surface area contributed by atoms with Crippen molar-refractivity contribution in [3.05, 3.63) is 18.2 Å². The normalized spacial score (nSPS) is 22.2. The van der Waals surface area contributed by atoms with Crippen LogP contribution in [0.1, 0.15) is 12.8 Å². The van der Waals surface area contributed by atoms with Crippen molar-refractivity contribution in [2.75, 3.05) is 32.5 Å². The highest BCUT2D eigenvalue weighted by atomic mass is 32.2. The lowest BCUT2D eigenvalue weighted by Gasteiger charge is -2.29. The molecule has 0 amide bonds. The zero-order valence-electron chi connectivity index (χ0n) is 11.9. The molecule has 0 radical (unpaired) electrons. The van der Waals surface area contributed by atoms with Crippen molar-refractivity contribution in [1.82, 2.24) is 4.90 Å². The molecule has 0 saturated carbocycles. The van der Waals surface area contributed by atoms with Gasteiger partial charge in [-0.25, -0.2) is 0 Å². The van der Waals surface area contributed by atoms with Gasteiger partial charge in [0.25, 0.3) is 0 Å². The molecule has 1 aromatic carbocycles. The van der Waals surface area contributed by atoms with Crippen LogP contribution < -0.4 is 13.7 Å². The quantitative estimate of drug-likeness (QED) is 0.780. The minimum absolute atomic E-state index is 0.0379. The molecule has 6 nitrogen and oxygen atoms in total. The minimum atomic E-state index is -3.54. The largest absolute Gasteiger partial charge is 0.486 e. The standard InChI is InChI=1S/C14H19NO5S/c1-21(16,17)20-11-4-5-13-14(8-11)19-12(10-18-13)9-15-6-2-3-7-15/h4-5,8,12H,2-3,6-7,9-10H2,1H3. The highest BCUT2D eigenvalue weighted by molar-refractivity contribution is 7.86. The summed E-state index contributed by atoms with van der Waals surface area (Å²) in [6.45, 7) is 3.54. The van der Waals surface area contributed by atoms with Crippen LogP contribution in [0.2, 0.25) is 0 Å². The summed E-state index contributed by atoms with van der Waals surface area (Å²) in [4.78, 5) is 2.36. The van der Waals surface area contributed by atoms with E-state index >= 15 is 0 Å². The van der Waals surface area contributed by atoms with E-state index in [1.54, 1.807) is 18.2 Å². The molecule has 1 aromatic rings. The van der Waals surface area contributed by atoms with E-state index in [2.05, 4.69) is 4.90 Å². The molecule has 1 saturated heterocycles. The molecule has 0 N–H and O–H groups in total. The number of ether oxygens (including phenoxy) is 2. The molecular weight excluding hydrogens is 294 g/mol. The Hall–Kier alpha value is -1.47. The van der Waals surface area contributed by atoms with E-state index < -0.39 is 10.1 Å². The van der Waals surface area contributed by atoms with E-state index in [4.69, 9.17) is 13.7 Å². The van der Waals surface area contributed by atoms with Crippen LogP contribution in [0, 0.1) is 0 Å². The van der Waals surface area contributed by atoms with Crippen molar-refractivity contribution < 1.29 is 22.1 Å². The van der Waals surface area contributed by atoms with E-state index in [0.717, 1.165) is 25.9 Å². The summed E-state index contributed by atoms with van der Waals surface area (Å²) < 4.78 is 38.8. The summed E-state index contributed by atoms with van der Waals surface area (Å²) in [6, 6.07) is 4.79. The molecule has 2 aliphatic rings. The first-order chi connectivity index (χ1) is 9.99. The zero-order valence-corrected chi connectivity index (χ0v) is 12.8. The lowest BCUT2D eigenvalue weighted by molar-refractivity contribution is 0.0648. The monoisotopic (exact) mass is 313 g/mol. The molecule has 1 fully saturated rings. The average molecular weight is 313 g/mol. The number of rotatable bonds is 4. The van der Waals surface area contributed by atoms with E-state index in [1.807, 2.05) is 0 Å². The summed E-state index contributed by atoms with van der Waals surface area (Å²) >= 11 is 0. The first-order valence-corrected chi connectivity index (χ1v) is 8.86. The highest BCUT2D eigenvalue weighted by Crippen LogP contribution is 2.35. The van der Waals surface area contributed by atoms with Crippen LogP contribution in [0.25, 0.3) is 0 Å². The first-order valence-electron chi connectivity index (χ1n) is 7.05. The molecule has 1 atom stereocenters. The van der Waals surface area contributed by atoms with Gasteiger partial charge in [-0.15, -0.1) is 0 Å². The van der Waals surface area contributed by atoms with Crippen LogP contribution in [0.5, 0.6) is 17.2 Å². The van der Waals surface area contributed by atoms with Crippen molar-refractivity contribution in [3.63, 3.8) is 0 Å². The second kappa shape index (κ2) is 5.73. The van der Waals surface area contributed by atoms with E-state index in [0.29, 0.717) is 18.1 Å². The Labute approximate surface area is 124 Å². The molecule has 21 heavy (non-hydrogen) atoms. The molecule has 3 rings (SSSR count). The van der Waals surface area contributed by atoms with E-state index in [-0.39, 0.29) is 11.9 Å². The van der Waals surface area contributed by atoms with Crippen LogP contribution in [0.3, 0.4) is 0 Å². The lowest BCUT2D eigenvalue weighted by Crippen LogP contribution is -2.39. The molecule has 2 heterocycles. The predicted molar refractivity (Wildman–Crippen MR) is 77.5 cm³/mol. The number of fused-ring (bicyclic) bond motifs is 1. The Morgan fingerprint density at radius 1 is 1.29 bits per heavy atom. The molecular formula is C14H19NO5S. The van der Waals surface area contributed by atoms with Gasteiger partial charge in [-0.3, -0.25) is 4.90 Å². The summed E-state index contributed by atoms with van der Waals surface area (Å²) in [7, 11) is -3.54. The van der Waals surface area contributed by atoms with Gasteiger partial charge in [0.1, 0.15) is 18.5 Å². The van der Waals surface area contributed by atoms with Gasteiger partial charge in [0.2, 0.25) is 0 Å². The smallest absolute Gasteiger partial charge is 0.306 e. The van der Waals surface area contributed by atoms with Crippen LogP contribution >= 0.6 is 0 Å². The number of hydrogen-bond acceptors (Lipinski definition) is 6. The Morgan fingerprint density at radius 2 is 2.05 bits per heavy atom. The van der Waals surface area contributed by atoms with Gasteiger partial charge in [-0.05, 0) is 38.1 Å². The van der Waals surface area contributed by atoms with Crippen molar-refractivity contribution in [2.24, 2.45) is 0 Å². The summed E-state index contributed by atoms with van der Waals surface area (Å²) in [5.41, 5.74) is 0. The van der Waals surface area contributed by atoms with Crippen LogP contribution in [0.4, 0.5) is 0 Å². The van der Waals surface area contributed by atoms with Gasteiger partial charge in [-0.1, -0.05) is 0 Å². The predicted octanol–water partition coefficient (Wildman–Crippen LogP) is 1.26. The van der Waals surface area contributed by atoms with Crippen molar-refractivity contribution in [2.45, 2.75) is 18.9 Å². The van der Waals surface area contributed by atoms with Crippen LogP contribution in [-0.2, 0) is 10.1 Å². The fourth-order valence-electron chi connectivity index (χ4n) is 2.67. The molecule has 0 aliphatic carbocycles. The van der Waals surface area contributed by atoms with Gasteiger partial charge in [0.15, 0.2) is 11.5 Å². The van der Waals surface area contributed by atoms with Crippen molar-refractivity contribution in [1.29, 1.82) is 0 Å². The van der Waals surface area contributed by atoms with Crippen molar-refractivity contribution >= 4 is 10.1 Å². The summed E-state index contributed by atoms with van der Waals surface area (Å²) in [6.07, 6.45) is 3.44. The second-order valence-electron chi connectivity index (χ2n) is 5.45. The number of hydrogen-bond donors (Lipinski definition) is 0. The molecule has 1 unspecified atom stereocenters. The molecule has 0 bridgehead atoms. The Bertz CT molecular complexity index is 610. The molecule has 116 valence electrons. The first kappa shape index (κ1) is 14.5. The topological polar surface area (TPSA) is 65.1 Å². The summed E-state index contributed by atoms with van der Waals surface area (Å²) in [5, 5.41) is 0. The molecule has 0 aromatic heterocycles. The highest BCUT2D eigenvalue weighted by Gasteiger charge is 2.25. The Morgan fingerprint density at radius 3 is 2.76 bits per heavy atom. The maximum atomic E-state index is 11.2. The van der Waals surface area contributed by atoms with Crippen LogP contribution in [0.15, 0.2) is 18.2 Å². The van der Waals surface area contributed by atoms with Crippen molar-refractivity contribution in [3.8, 4) is 17.2 Å².